The summed E-state index contributed by atoms with van der Waals surface area (Å²) in [7, 11) is 0. The molecule has 0 atom stereocenters. The van der Waals surface area contributed by atoms with Crippen LogP contribution in [0.2, 0.25) is 0 Å². The summed E-state index contributed by atoms with van der Waals surface area (Å²) in [5, 5.41) is 14.9. The summed E-state index contributed by atoms with van der Waals surface area (Å²) in [6.45, 7) is 0.779. The average molecular weight is 336 g/mol. The van der Waals surface area contributed by atoms with Crippen molar-refractivity contribution < 1.29 is 19.0 Å². The fraction of sp³-hybridized carbons (Fsp3) is 0.611. The maximum atomic E-state index is 13.4. The van der Waals surface area contributed by atoms with Gasteiger partial charge in [0.25, 0.3) is 0 Å². The van der Waals surface area contributed by atoms with E-state index in [0.717, 1.165) is 38.5 Å². The van der Waals surface area contributed by atoms with E-state index in [2.05, 4.69) is 10.6 Å². The van der Waals surface area contributed by atoms with Crippen LogP contribution in [0.25, 0.3) is 0 Å². The van der Waals surface area contributed by atoms with E-state index in [9.17, 15) is 9.18 Å². The molecule has 2 fully saturated rings. The van der Waals surface area contributed by atoms with E-state index in [4.69, 9.17) is 9.84 Å². The average Bonchev–Trinajstić information content (AvgIpc) is 3.40. The Bertz CT molecular complexity index is 569. The van der Waals surface area contributed by atoms with Crippen LogP contribution in [0.4, 0.5) is 14.9 Å². The largest absolute Gasteiger partial charge is 0.491 e. The summed E-state index contributed by atoms with van der Waals surface area (Å²) in [4.78, 5) is 12.2. The lowest BCUT2D eigenvalue weighted by atomic mass is 9.87. The van der Waals surface area contributed by atoms with Gasteiger partial charge in [0.1, 0.15) is 11.6 Å². The van der Waals surface area contributed by atoms with Gasteiger partial charge < -0.3 is 20.5 Å². The Morgan fingerprint density at radius 2 is 1.88 bits per heavy atom. The molecule has 3 rings (SSSR count). The molecule has 24 heavy (non-hydrogen) atoms. The maximum absolute atomic E-state index is 13.4. The Balaban J connectivity index is 1.53. The van der Waals surface area contributed by atoms with Gasteiger partial charge in [0.2, 0.25) is 0 Å². The maximum Gasteiger partial charge on any atom is 0.319 e. The zero-order valence-electron chi connectivity index (χ0n) is 13.8. The molecule has 2 amide bonds. The normalized spacial score (nSPS) is 23.6. The number of carbonyl (C=O) groups excluding carboxylic acids is 1. The quantitative estimate of drug-likeness (QED) is 0.746. The summed E-state index contributed by atoms with van der Waals surface area (Å²) >= 11 is 0. The van der Waals surface area contributed by atoms with Gasteiger partial charge in [-0.2, -0.15) is 0 Å². The molecule has 0 aliphatic heterocycles. The van der Waals surface area contributed by atoms with Crippen molar-refractivity contribution in [3.05, 3.63) is 24.0 Å². The molecule has 132 valence electrons. The van der Waals surface area contributed by atoms with E-state index >= 15 is 0 Å². The Morgan fingerprint density at radius 1 is 1.17 bits per heavy atom. The van der Waals surface area contributed by atoms with Crippen LogP contribution in [0.5, 0.6) is 5.75 Å². The minimum Gasteiger partial charge on any atom is -0.491 e. The summed E-state index contributed by atoms with van der Waals surface area (Å²) < 4.78 is 19.1. The molecular formula is C18H25FN2O3. The number of aliphatic hydroxyl groups is 1. The molecule has 0 unspecified atom stereocenters. The minimum atomic E-state index is -0.380. The van der Waals surface area contributed by atoms with Crippen molar-refractivity contribution >= 4 is 11.7 Å². The third-order valence-electron chi connectivity index (χ3n) is 4.80. The summed E-state index contributed by atoms with van der Waals surface area (Å²) in [5.74, 6) is 0.900. The van der Waals surface area contributed by atoms with Crippen LogP contribution < -0.4 is 15.4 Å². The van der Waals surface area contributed by atoms with E-state index < -0.39 is 0 Å². The SMILES string of the molecule is O=C(Nc1ccc(F)cc1OCC1CC1)NC1CCC(CO)CC1. The van der Waals surface area contributed by atoms with Gasteiger partial charge in [0.15, 0.2) is 0 Å². The van der Waals surface area contributed by atoms with Crippen molar-refractivity contribution in [3.8, 4) is 5.75 Å². The smallest absolute Gasteiger partial charge is 0.319 e. The number of hydrogen-bond acceptors (Lipinski definition) is 3. The summed E-state index contributed by atoms with van der Waals surface area (Å²) in [6, 6.07) is 3.96. The third kappa shape index (κ3) is 4.84. The Hall–Kier alpha value is -1.82. The Morgan fingerprint density at radius 3 is 2.54 bits per heavy atom. The number of aliphatic hydroxyl groups excluding tert-OH is 1. The molecule has 0 radical (unpaired) electrons. The molecule has 3 N–H and O–H groups in total. The molecule has 1 aromatic rings. The standard InChI is InChI=1S/C18H25FN2O3/c19-14-5-8-16(17(9-14)24-11-13-1-2-13)21-18(23)20-15-6-3-12(10-22)4-7-15/h5,8-9,12-13,15,22H,1-4,6-7,10-11H2,(H2,20,21,23). The van der Waals surface area contributed by atoms with Crippen LogP contribution in [0.3, 0.4) is 0 Å². The molecule has 5 nitrogen and oxygen atoms in total. The van der Waals surface area contributed by atoms with Crippen molar-refractivity contribution in [1.29, 1.82) is 0 Å². The highest BCUT2D eigenvalue weighted by atomic mass is 19.1. The number of anilines is 1. The summed E-state index contributed by atoms with van der Waals surface area (Å²) in [6.07, 6.45) is 5.88. The second-order valence-electron chi connectivity index (χ2n) is 6.89. The number of ether oxygens (including phenoxy) is 1. The molecule has 0 saturated heterocycles. The van der Waals surface area contributed by atoms with Crippen molar-refractivity contribution in [2.24, 2.45) is 11.8 Å². The molecular weight excluding hydrogens is 311 g/mol. The first kappa shape index (κ1) is 17.0. The topological polar surface area (TPSA) is 70.6 Å². The number of amides is 2. The molecule has 6 heteroatoms. The molecule has 2 aliphatic carbocycles. The van der Waals surface area contributed by atoms with E-state index in [1.807, 2.05) is 0 Å². The number of carbonyl (C=O) groups is 1. The second kappa shape index (κ2) is 7.83. The molecule has 0 heterocycles. The third-order valence-corrected chi connectivity index (χ3v) is 4.80. The molecule has 2 saturated carbocycles. The number of nitrogens with one attached hydrogen (secondary N) is 2. The van der Waals surface area contributed by atoms with Crippen LogP contribution >= 0.6 is 0 Å². The van der Waals surface area contributed by atoms with E-state index in [1.165, 1.54) is 18.2 Å². The van der Waals surface area contributed by atoms with E-state index in [1.54, 1.807) is 0 Å². The summed E-state index contributed by atoms with van der Waals surface area (Å²) in [5.41, 5.74) is 0.485. The van der Waals surface area contributed by atoms with Crippen molar-refractivity contribution in [3.63, 3.8) is 0 Å². The van der Waals surface area contributed by atoms with Gasteiger partial charge in [-0.1, -0.05) is 0 Å². The zero-order chi connectivity index (χ0) is 16.9. The number of rotatable bonds is 6. The monoisotopic (exact) mass is 336 g/mol. The highest BCUT2D eigenvalue weighted by molar-refractivity contribution is 5.91. The lowest BCUT2D eigenvalue weighted by Gasteiger charge is -2.28. The first-order valence-corrected chi connectivity index (χ1v) is 8.74. The highest BCUT2D eigenvalue weighted by Gasteiger charge is 2.24. The molecule has 1 aromatic carbocycles. The first-order valence-electron chi connectivity index (χ1n) is 8.74. The molecule has 0 spiro atoms. The van der Waals surface area contributed by atoms with Crippen LogP contribution in [0.15, 0.2) is 18.2 Å². The van der Waals surface area contributed by atoms with Gasteiger partial charge in [-0.05, 0) is 62.5 Å². The van der Waals surface area contributed by atoms with Crippen molar-refractivity contribution in [1.82, 2.24) is 5.32 Å². The first-order chi connectivity index (χ1) is 11.6. The van der Waals surface area contributed by atoms with Crippen LogP contribution in [0.1, 0.15) is 38.5 Å². The molecule has 2 aliphatic rings. The molecule has 0 aromatic heterocycles. The number of hydrogen-bond donors (Lipinski definition) is 3. The predicted molar refractivity (Wildman–Crippen MR) is 89.6 cm³/mol. The highest BCUT2D eigenvalue weighted by Crippen LogP contribution is 2.32. The lowest BCUT2D eigenvalue weighted by Crippen LogP contribution is -2.40. The van der Waals surface area contributed by atoms with Crippen molar-refractivity contribution in [2.75, 3.05) is 18.5 Å². The van der Waals surface area contributed by atoms with Gasteiger partial charge in [0.05, 0.1) is 12.3 Å². The zero-order valence-corrected chi connectivity index (χ0v) is 13.8. The van der Waals surface area contributed by atoms with E-state index in [0.29, 0.717) is 29.9 Å². The number of halogens is 1. The number of urea groups is 1. The second-order valence-corrected chi connectivity index (χ2v) is 6.89. The Kier molecular flexibility index (Phi) is 5.56. The fourth-order valence-corrected chi connectivity index (χ4v) is 3.04. The van der Waals surface area contributed by atoms with Gasteiger partial charge in [-0.3, -0.25) is 0 Å². The van der Waals surface area contributed by atoms with Crippen LogP contribution in [-0.2, 0) is 0 Å². The van der Waals surface area contributed by atoms with Gasteiger partial charge in [-0.25, -0.2) is 9.18 Å². The molecule has 0 bridgehead atoms. The minimum absolute atomic E-state index is 0.115. The Labute approximate surface area is 141 Å². The van der Waals surface area contributed by atoms with Crippen LogP contribution in [-0.4, -0.2) is 30.4 Å². The lowest BCUT2D eigenvalue weighted by molar-refractivity contribution is 0.176. The van der Waals surface area contributed by atoms with Crippen molar-refractivity contribution in [2.45, 2.75) is 44.6 Å². The van der Waals surface area contributed by atoms with Gasteiger partial charge in [-0.15, -0.1) is 0 Å². The van der Waals surface area contributed by atoms with Crippen LogP contribution in [0, 0.1) is 17.7 Å². The predicted octanol–water partition coefficient (Wildman–Crippen LogP) is 3.29. The van der Waals surface area contributed by atoms with E-state index in [-0.39, 0.29) is 24.5 Å². The van der Waals surface area contributed by atoms with Gasteiger partial charge >= 0.3 is 6.03 Å². The fourth-order valence-electron chi connectivity index (χ4n) is 3.04. The number of benzene rings is 1. The van der Waals surface area contributed by atoms with Gasteiger partial charge in [0, 0.05) is 18.7 Å².